The van der Waals surface area contributed by atoms with Crippen LogP contribution in [-0.2, 0) is 5.41 Å². The highest BCUT2D eigenvalue weighted by atomic mass is 15.4. The Balaban J connectivity index is 1.85. The summed E-state index contributed by atoms with van der Waals surface area (Å²) in [5.41, 5.74) is 6.81. The summed E-state index contributed by atoms with van der Waals surface area (Å²) in [6, 6.07) is 0. The molecule has 2 atom stereocenters. The highest BCUT2D eigenvalue weighted by Gasteiger charge is 2.62. The number of nitrogens with two attached hydrogens (primary N) is 2. The van der Waals surface area contributed by atoms with Gasteiger partial charge in [0.1, 0.15) is 0 Å². The average Bonchev–Trinajstić information content (AvgIpc) is 2.54. The van der Waals surface area contributed by atoms with Gasteiger partial charge in [-0.1, -0.05) is 13.8 Å². The first kappa shape index (κ1) is 11.6. The second-order valence-electron chi connectivity index (χ2n) is 8.16. The fraction of sp³-hybridized carbons (Fsp3) is 0.857. The van der Waals surface area contributed by atoms with E-state index in [-0.39, 0.29) is 5.41 Å². The van der Waals surface area contributed by atoms with Crippen LogP contribution in [0.15, 0.2) is 0 Å². The Kier molecular flexibility index (Phi) is 1.87. The number of aromatic nitrogens is 3. The van der Waals surface area contributed by atoms with Gasteiger partial charge in [0, 0.05) is 5.41 Å². The molecule has 19 heavy (non-hydrogen) atoms. The minimum absolute atomic E-state index is 0.113. The Labute approximate surface area is 113 Å². The van der Waals surface area contributed by atoms with Gasteiger partial charge >= 0.3 is 0 Å². The molecule has 4 bridgehead atoms. The van der Waals surface area contributed by atoms with Gasteiger partial charge in [-0.3, -0.25) is 0 Å². The van der Waals surface area contributed by atoms with Gasteiger partial charge in [-0.2, -0.15) is 0 Å². The van der Waals surface area contributed by atoms with E-state index in [1.165, 1.54) is 43.2 Å². The minimum atomic E-state index is 0.113. The normalized spacial score (nSPS) is 47.8. The van der Waals surface area contributed by atoms with E-state index < -0.39 is 0 Å². The summed E-state index contributed by atoms with van der Waals surface area (Å²) in [5, 5.41) is 8.32. The zero-order valence-electron chi connectivity index (χ0n) is 11.8. The molecule has 0 aliphatic heterocycles. The topological polar surface area (TPSA) is 82.8 Å². The summed E-state index contributed by atoms with van der Waals surface area (Å²) in [6.07, 6.45) is 7.71. The molecule has 1 heterocycles. The first-order chi connectivity index (χ1) is 8.83. The molecule has 1 aromatic heterocycles. The van der Waals surface area contributed by atoms with E-state index >= 15 is 0 Å². The summed E-state index contributed by atoms with van der Waals surface area (Å²) < 4.78 is 1.53. The van der Waals surface area contributed by atoms with Crippen LogP contribution in [0, 0.1) is 16.7 Å². The number of hydrogen-bond donors (Lipinski definition) is 2. The van der Waals surface area contributed by atoms with Crippen LogP contribution in [0.2, 0.25) is 0 Å². The van der Waals surface area contributed by atoms with E-state index in [0.717, 1.165) is 11.7 Å². The number of hydrogen-bond acceptors (Lipinski definition) is 4. The second-order valence-corrected chi connectivity index (χ2v) is 8.16. The van der Waals surface area contributed by atoms with E-state index in [2.05, 4.69) is 24.0 Å². The molecule has 4 saturated carbocycles. The summed E-state index contributed by atoms with van der Waals surface area (Å²) in [5.74, 6) is 8.16. The SMILES string of the molecule is CC12CC3CC(C)(C1)CC(c1nnc(N)n1N)(C3)C2. The monoisotopic (exact) mass is 261 g/mol. The lowest BCUT2D eigenvalue weighted by Gasteiger charge is -2.64. The molecule has 2 unspecified atom stereocenters. The predicted molar refractivity (Wildman–Crippen MR) is 73.7 cm³/mol. The third kappa shape index (κ3) is 1.41. The molecule has 5 rings (SSSR count). The quantitative estimate of drug-likeness (QED) is 0.755. The number of anilines is 1. The molecule has 4 aliphatic rings. The van der Waals surface area contributed by atoms with Crippen LogP contribution in [0.4, 0.5) is 5.95 Å². The smallest absolute Gasteiger partial charge is 0.240 e. The molecule has 104 valence electrons. The van der Waals surface area contributed by atoms with Crippen molar-refractivity contribution in [1.82, 2.24) is 14.9 Å². The fourth-order valence-electron chi connectivity index (χ4n) is 6.36. The third-order valence-electron chi connectivity index (χ3n) is 5.82. The second kappa shape index (κ2) is 3.07. The van der Waals surface area contributed by atoms with Crippen LogP contribution in [-0.4, -0.2) is 14.9 Å². The Hall–Kier alpha value is -1.26. The molecule has 0 aromatic carbocycles. The standard InChI is InChI=1S/C14H23N5/c1-12-3-9-4-13(2,6-12)8-14(5-9,7-12)10-17-18-11(15)19(10)16/h9H,3-8,16H2,1-2H3,(H2,15,18). The van der Waals surface area contributed by atoms with Gasteiger partial charge in [0.15, 0.2) is 5.82 Å². The van der Waals surface area contributed by atoms with Crippen molar-refractivity contribution in [3.05, 3.63) is 5.82 Å². The maximum Gasteiger partial charge on any atom is 0.240 e. The van der Waals surface area contributed by atoms with Crippen molar-refractivity contribution in [3.63, 3.8) is 0 Å². The predicted octanol–water partition coefficient (Wildman–Crippen LogP) is 1.82. The van der Waals surface area contributed by atoms with Gasteiger partial charge in [-0.05, 0) is 55.3 Å². The Morgan fingerprint density at radius 1 is 1.05 bits per heavy atom. The lowest BCUT2D eigenvalue weighted by atomic mass is 9.40. The molecular weight excluding hydrogens is 238 g/mol. The summed E-state index contributed by atoms with van der Waals surface area (Å²) in [7, 11) is 0. The molecule has 0 spiro atoms. The van der Waals surface area contributed by atoms with Gasteiger partial charge in [0.05, 0.1) is 0 Å². The summed E-state index contributed by atoms with van der Waals surface area (Å²) in [4.78, 5) is 0. The van der Waals surface area contributed by atoms with Gasteiger partial charge < -0.3 is 11.6 Å². The average molecular weight is 261 g/mol. The van der Waals surface area contributed by atoms with E-state index in [1.54, 1.807) is 0 Å². The van der Waals surface area contributed by atoms with Gasteiger partial charge in [0.25, 0.3) is 0 Å². The molecule has 5 nitrogen and oxygen atoms in total. The highest BCUT2D eigenvalue weighted by Crippen LogP contribution is 2.69. The lowest BCUT2D eigenvalue weighted by Crippen LogP contribution is -2.57. The highest BCUT2D eigenvalue weighted by molar-refractivity contribution is 5.27. The van der Waals surface area contributed by atoms with Crippen molar-refractivity contribution in [3.8, 4) is 0 Å². The van der Waals surface area contributed by atoms with Crippen LogP contribution >= 0.6 is 0 Å². The summed E-state index contributed by atoms with van der Waals surface area (Å²) >= 11 is 0. The molecule has 0 radical (unpaired) electrons. The van der Waals surface area contributed by atoms with Crippen LogP contribution < -0.4 is 11.6 Å². The summed E-state index contributed by atoms with van der Waals surface area (Å²) in [6.45, 7) is 4.90. The number of rotatable bonds is 1. The van der Waals surface area contributed by atoms with Gasteiger partial charge in [-0.25, -0.2) is 4.68 Å². The van der Waals surface area contributed by atoms with Gasteiger partial charge in [-0.15, -0.1) is 10.2 Å². The van der Waals surface area contributed by atoms with Crippen molar-refractivity contribution in [2.24, 2.45) is 16.7 Å². The molecule has 0 amide bonds. The zero-order valence-corrected chi connectivity index (χ0v) is 11.8. The Morgan fingerprint density at radius 3 is 2.16 bits per heavy atom. The number of nitrogens with zero attached hydrogens (tertiary/aromatic N) is 3. The largest absolute Gasteiger partial charge is 0.366 e. The van der Waals surface area contributed by atoms with Crippen LogP contribution in [0.1, 0.15) is 58.2 Å². The van der Waals surface area contributed by atoms with Crippen LogP contribution in [0.25, 0.3) is 0 Å². The van der Waals surface area contributed by atoms with Crippen molar-refractivity contribution in [2.45, 2.75) is 57.8 Å². The Bertz CT molecular complexity index is 530. The number of nitrogen functional groups attached to an aromatic ring is 2. The van der Waals surface area contributed by atoms with E-state index in [1.807, 2.05) is 0 Å². The molecular formula is C14H23N5. The van der Waals surface area contributed by atoms with Crippen LogP contribution in [0.3, 0.4) is 0 Å². The zero-order chi connectivity index (χ0) is 13.5. The van der Waals surface area contributed by atoms with E-state index in [9.17, 15) is 0 Å². The molecule has 0 saturated heterocycles. The van der Waals surface area contributed by atoms with Crippen molar-refractivity contribution in [1.29, 1.82) is 0 Å². The maximum atomic E-state index is 6.08. The van der Waals surface area contributed by atoms with Crippen molar-refractivity contribution in [2.75, 3.05) is 11.6 Å². The molecule has 4 aliphatic carbocycles. The van der Waals surface area contributed by atoms with E-state index in [4.69, 9.17) is 11.6 Å². The lowest BCUT2D eigenvalue weighted by molar-refractivity contribution is -0.113. The molecule has 4 N–H and O–H groups in total. The van der Waals surface area contributed by atoms with Crippen molar-refractivity contribution < 1.29 is 0 Å². The molecule has 5 heteroatoms. The van der Waals surface area contributed by atoms with Crippen LogP contribution in [0.5, 0.6) is 0 Å². The minimum Gasteiger partial charge on any atom is -0.366 e. The Morgan fingerprint density at radius 2 is 1.68 bits per heavy atom. The van der Waals surface area contributed by atoms with Crippen molar-refractivity contribution >= 4 is 5.95 Å². The fourth-order valence-corrected chi connectivity index (χ4v) is 6.36. The first-order valence-electron chi connectivity index (χ1n) is 7.30. The van der Waals surface area contributed by atoms with E-state index in [0.29, 0.717) is 16.8 Å². The first-order valence-corrected chi connectivity index (χ1v) is 7.30. The maximum absolute atomic E-state index is 6.08. The van der Waals surface area contributed by atoms with Gasteiger partial charge in [0.2, 0.25) is 5.95 Å². The molecule has 4 fully saturated rings. The molecule has 1 aromatic rings. The third-order valence-corrected chi connectivity index (χ3v) is 5.82.